The molecule has 0 unspecified atom stereocenters. The predicted octanol–water partition coefficient (Wildman–Crippen LogP) is -0.990. The highest BCUT2D eigenvalue weighted by Crippen LogP contribution is 2.20. The molecule has 24 heavy (non-hydrogen) atoms. The van der Waals surface area contributed by atoms with Gasteiger partial charge in [0.1, 0.15) is 0 Å². The molecular weight excluding hydrogens is 304 g/mol. The second kappa shape index (κ2) is 8.58. The molecular formula is C17H34N6O. The average Bonchev–Trinajstić information content (AvgIpc) is 2.63. The molecule has 3 N–H and O–H groups in total. The molecule has 1 atom stereocenters. The summed E-state index contributed by atoms with van der Waals surface area (Å²) in [5, 5.41) is 8.48. The number of piperidine rings is 1. The first-order chi connectivity index (χ1) is 11.6. The lowest BCUT2D eigenvalue weighted by atomic mass is 9.95. The smallest absolute Gasteiger partial charge is 0.239 e. The Hall–Kier alpha value is -0.730. The normalized spacial score (nSPS) is 27.3. The maximum Gasteiger partial charge on any atom is 0.239 e. The van der Waals surface area contributed by atoms with Crippen molar-refractivity contribution in [1.29, 1.82) is 0 Å². The quantitative estimate of drug-likeness (QED) is 0.686. The number of amides is 1. The molecule has 3 fully saturated rings. The summed E-state index contributed by atoms with van der Waals surface area (Å²) < 4.78 is 0. The molecule has 3 heterocycles. The number of carbonyl (C=O) groups is 1. The van der Waals surface area contributed by atoms with Crippen molar-refractivity contribution < 1.29 is 4.79 Å². The van der Waals surface area contributed by atoms with Gasteiger partial charge in [0.25, 0.3) is 0 Å². The molecule has 3 saturated heterocycles. The summed E-state index contributed by atoms with van der Waals surface area (Å²) in [4.78, 5) is 16.5. The Morgan fingerprint density at radius 1 is 1.00 bits per heavy atom. The Labute approximate surface area is 146 Å². The lowest BCUT2D eigenvalue weighted by Gasteiger charge is -2.44. The van der Waals surface area contributed by atoms with Crippen molar-refractivity contribution in [3.8, 4) is 0 Å². The van der Waals surface area contributed by atoms with Gasteiger partial charge < -0.3 is 20.9 Å². The Kier molecular flexibility index (Phi) is 6.46. The van der Waals surface area contributed by atoms with Crippen LogP contribution >= 0.6 is 0 Å². The van der Waals surface area contributed by atoms with Gasteiger partial charge in [-0.3, -0.25) is 4.79 Å². The van der Waals surface area contributed by atoms with Crippen LogP contribution in [0.5, 0.6) is 0 Å². The van der Waals surface area contributed by atoms with Gasteiger partial charge in [0.15, 0.2) is 0 Å². The van der Waals surface area contributed by atoms with E-state index >= 15 is 0 Å². The number of hydrogen-bond donors (Lipinski definition) is 2. The monoisotopic (exact) mass is 338 g/mol. The summed E-state index contributed by atoms with van der Waals surface area (Å²) in [6, 6.07) is -0.361. The second-order valence-corrected chi connectivity index (χ2v) is 7.52. The summed E-state index contributed by atoms with van der Waals surface area (Å²) in [6.45, 7) is 13.9. The molecule has 3 aliphatic rings. The molecule has 0 aromatic heterocycles. The van der Waals surface area contributed by atoms with Crippen LogP contribution in [-0.4, -0.2) is 104 Å². The number of nitrogens with one attached hydrogen (secondary N) is 1. The number of carbonyl (C=O) groups excluding carboxylic acids is 1. The largest absolute Gasteiger partial charge is 0.341 e. The van der Waals surface area contributed by atoms with Gasteiger partial charge >= 0.3 is 0 Å². The Morgan fingerprint density at radius 2 is 1.58 bits per heavy atom. The fourth-order valence-electron chi connectivity index (χ4n) is 4.13. The lowest BCUT2D eigenvalue weighted by molar-refractivity contribution is -0.133. The van der Waals surface area contributed by atoms with E-state index in [0.29, 0.717) is 0 Å². The Bertz CT molecular complexity index is 396. The van der Waals surface area contributed by atoms with Gasteiger partial charge in [-0.1, -0.05) is 0 Å². The molecule has 7 nitrogen and oxygen atoms in total. The van der Waals surface area contributed by atoms with Crippen LogP contribution < -0.4 is 11.1 Å². The summed E-state index contributed by atoms with van der Waals surface area (Å²) >= 11 is 0. The number of rotatable bonds is 4. The van der Waals surface area contributed by atoms with Crippen molar-refractivity contribution in [2.24, 2.45) is 11.7 Å². The molecule has 0 aromatic rings. The molecule has 3 aliphatic heterocycles. The third kappa shape index (κ3) is 4.67. The highest BCUT2D eigenvalue weighted by Gasteiger charge is 2.28. The van der Waals surface area contributed by atoms with Crippen molar-refractivity contribution in [2.75, 3.05) is 72.0 Å². The first-order valence-electron chi connectivity index (χ1n) is 9.60. The molecule has 0 saturated carbocycles. The van der Waals surface area contributed by atoms with Crippen molar-refractivity contribution in [2.45, 2.75) is 25.8 Å². The van der Waals surface area contributed by atoms with Gasteiger partial charge in [-0.2, -0.15) is 0 Å². The minimum absolute atomic E-state index is 0.109. The van der Waals surface area contributed by atoms with Crippen LogP contribution in [0.1, 0.15) is 19.8 Å². The molecule has 3 rings (SSSR count). The first kappa shape index (κ1) is 18.1. The molecule has 0 bridgehead atoms. The van der Waals surface area contributed by atoms with Gasteiger partial charge in [0.05, 0.1) is 6.04 Å². The van der Waals surface area contributed by atoms with Crippen LogP contribution in [0.15, 0.2) is 0 Å². The summed E-state index contributed by atoms with van der Waals surface area (Å²) in [6.07, 6.45) is 2.24. The van der Waals surface area contributed by atoms with Crippen LogP contribution in [0.4, 0.5) is 0 Å². The third-order valence-corrected chi connectivity index (χ3v) is 5.67. The van der Waals surface area contributed by atoms with Crippen molar-refractivity contribution in [3.05, 3.63) is 0 Å². The van der Waals surface area contributed by atoms with E-state index in [9.17, 15) is 4.79 Å². The Morgan fingerprint density at radius 3 is 2.17 bits per heavy atom. The molecule has 0 aromatic carbocycles. The average molecular weight is 339 g/mol. The summed E-state index contributed by atoms with van der Waals surface area (Å²) in [5.41, 5.74) is 5.71. The van der Waals surface area contributed by atoms with E-state index in [1.807, 2.05) is 4.90 Å². The third-order valence-electron chi connectivity index (χ3n) is 5.67. The zero-order valence-corrected chi connectivity index (χ0v) is 15.1. The predicted molar refractivity (Wildman–Crippen MR) is 95.4 cm³/mol. The Balaban J connectivity index is 1.36. The zero-order valence-electron chi connectivity index (χ0n) is 15.1. The number of nitrogens with two attached hydrogens (primary N) is 1. The van der Waals surface area contributed by atoms with Crippen LogP contribution in [0.25, 0.3) is 0 Å². The van der Waals surface area contributed by atoms with Crippen molar-refractivity contribution in [1.82, 2.24) is 25.1 Å². The van der Waals surface area contributed by atoms with Gasteiger partial charge in [0.2, 0.25) is 5.91 Å². The number of nitrogens with zero attached hydrogens (tertiary/aromatic N) is 4. The van der Waals surface area contributed by atoms with Gasteiger partial charge in [-0.15, -0.1) is 0 Å². The number of hydrazine groups is 1. The number of piperazine rings is 2. The van der Waals surface area contributed by atoms with Crippen LogP contribution in [0.2, 0.25) is 0 Å². The topological polar surface area (TPSA) is 68.1 Å². The van der Waals surface area contributed by atoms with Gasteiger partial charge in [-0.05, 0) is 25.7 Å². The zero-order chi connectivity index (χ0) is 16.9. The van der Waals surface area contributed by atoms with E-state index in [2.05, 4.69) is 20.2 Å². The van der Waals surface area contributed by atoms with E-state index in [1.165, 1.54) is 19.6 Å². The minimum atomic E-state index is -0.361. The maximum atomic E-state index is 12.0. The lowest BCUT2D eigenvalue weighted by Crippen LogP contribution is -2.58. The molecule has 0 spiro atoms. The highest BCUT2D eigenvalue weighted by molar-refractivity contribution is 5.81. The van der Waals surface area contributed by atoms with Crippen LogP contribution in [-0.2, 0) is 4.79 Å². The maximum absolute atomic E-state index is 12.0. The fraction of sp³-hybridized carbons (Fsp3) is 0.941. The van der Waals surface area contributed by atoms with Gasteiger partial charge in [-0.25, -0.2) is 10.0 Å². The molecule has 138 valence electrons. The standard InChI is InChI=1S/C17H34N6O/c1-15(18)17(24)21-6-2-16(3-7-21)14-20-10-12-23(13-11-20)22-8-4-19-5-9-22/h15-16,19H,2-14,18H2,1H3/t15-/m0/s1. The van der Waals surface area contributed by atoms with E-state index < -0.39 is 0 Å². The second-order valence-electron chi connectivity index (χ2n) is 7.52. The van der Waals surface area contributed by atoms with E-state index in [1.54, 1.807) is 6.92 Å². The molecule has 7 heteroatoms. The van der Waals surface area contributed by atoms with Crippen molar-refractivity contribution in [3.63, 3.8) is 0 Å². The summed E-state index contributed by atoms with van der Waals surface area (Å²) in [7, 11) is 0. The SMILES string of the molecule is C[C@H](N)C(=O)N1CCC(CN2CCN(N3CCNCC3)CC2)CC1. The van der Waals surface area contributed by atoms with Gasteiger partial charge in [0, 0.05) is 72.0 Å². The van der Waals surface area contributed by atoms with Crippen LogP contribution in [0.3, 0.4) is 0 Å². The molecule has 1 amide bonds. The van der Waals surface area contributed by atoms with E-state index in [4.69, 9.17) is 5.73 Å². The van der Waals surface area contributed by atoms with Crippen LogP contribution in [0, 0.1) is 5.92 Å². The highest BCUT2D eigenvalue weighted by atomic mass is 16.2. The first-order valence-corrected chi connectivity index (χ1v) is 9.60. The fourth-order valence-corrected chi connectivity index (χ4v) is 4.13. The molecule has 0 aliphatic carbocycles. The van der Waals surface area contributed by atoms with E-state index in [-0.39, 0.29) is 11.9 Å². The van der Waals surface area contributed by atoms with E-state index in [0.717, 1.165) is 71.1 Å². The molecule has 0 radical (unpaired) electrons. The summed E-state index contributed by atoms with van der Waals surface area (Å²) in [5.74, 6) is 0.839. The minimum Gasteiger partial charge on any atom is -0.341 e. The number of likely N-dealkylation sites (tertiary alicyclic amines) is 1. The van der Waals surface area contributed by atoms with Crippen molar-refractivity contribution >= 4 is 5.91 Å². The number of hydrogen-bond acceptors (Lipinski definition) is 6.